The number of hydrogen-bond acceptors (Lipinski definition) is 5. The maximum absolute atomic E-state index is 13.1. The van der Waals surface area contributed by atoms with Crippen LogP contribution in [-0.2, 0) is 14.6 Å². The van der Waals surface area contributed by atoms with Gasteiger partial charge in [-0.1, -0.05) is 31.4 Å². The quantitative estimate of drug-likeness (QED) is 0.800. The largest absolute Gasteiger partial charge is 0.397 e. The van der Waals surface area contributed by atoms with Gasteiger partial charge in [-0.2, -0.15) is 8.42 Å². The van der Waals surface area contributed by atoms with E-state index in [2.05, 4.69) is 28.3 Å². The van der Waals surface area contributed by atoms with Crippen molar-refractivity contribution in [3.8, 4) is 0 Å². The highest BCUT2D eigenvalue weighted by atomic mass is 32.3. The van der Waals surface area contributed by atoms with Gasteiger partial charge in [0.1, 0.15) is 5.82 Å². The lowest BCUT2D eigenvalue weighted by molar-refractivity contribution is 0.00351. The Morgan fingerprint density at radius 2 is 1.62 bits per heavy atom. The summed E-state index contributed by atoms with van der Waals surface area (Å²) in [6.07, 6.45) is 8.10. The molecular formula is C18H29FN2O4S. The second-order valence-electron chi connectivity index (χ2n) is 7.01. The normalized spacial score (nSPS) is 25.7. The molecule has 8 heteroatoms. The minimum Gasteiger partial charge on any atom is -0.264 e. The standard InChI is InChI=1S/C17H25FN2.CH4O4S/c1-19-16(13-6-4-3-5-7-13)12-17(20(19)2)14-8-10-15(18)11-9-14;1-5-6(2,3)4/h8-11,13,16-17H,3-7,12H2,1-2H3;1H3,(H,2,3,4). The van der Waals surface area contributed by atoms with Gasteiger partial charge in [-0.05, 0) is 42.9 Å². The second kappa shape index (κ2) is 9.23. The predicted molar refractivity (Wildman–Crippen MR) is 98.2 cm³/mol. The summed E-state index contributed by atoms with van der Waals surface area (Å²) in [7, 11) is 1.08. The molecule has 0 aromatic heterocycles. The minimum atomic E-state index is -4.16. The smallest absolute Gasteiger partial charge is 0.264 e. The fourth-order valence-corrected chi connectivity index (χ4v) is 4.04. The summed E-state index contributed by atoms with van der Waals surface area (Å²) in [5, 5.41) is 4.76. The van der Waals surface area contributed by atoms with Crippen molar-refractivity contribution in [2.75, 3.05) is 21.2 Å². The van der Waals surface area contributed by atoms with E-state index in [0.29, 0.717) is 12.1 Å². The summed E-state index contributed by atoms with van der Waals surface area (Å²) in [4.78, 5) is 0. The molecule has 0 radical (unpaired) electrons. The molecule has 2 fully saturated rings. The molecule has 148 valence electrons. The lowest BCUT2D eigenvalue weighted by Crippen LogP contribution is -2.40. The zero-order chi connectivity index (χ0) is 19.3. The molecular weight excluding hydrogens is 359 g/mol. The van der Waals surface area contributed by atoms with Gasteiger partial charge in [0.15, 0.2) is 0 Å². The zero-order valence-electron chi connectivity index (χ0n) is 15.6. The summed E-state index contributed by atoms with van der Waals surface area (Å²) in [6, 6.07) is 8.08. The number of rotatable bonds is 3. The fraction of sp³-hybridized carbons (Fsp3) is 0.667. The lowest BCUT2D eigenvalue weighted by Gasteiger charge is -2.34. The number of benzene rings is 1. The molecule has 1 aromatic carbocycles. The molecule has 2 unspecified atom stereocenters. The predicted octanol–water partition coefficient (Wildman–Crippen LogP) is 3.43. The van der Waals surface area contributed by atoms with E-state index in [1.165, 1.54) is 44.1 Å². The molecule has 0 amide bonds. The highest BCUT2D eigenvalue weighted by Gasteiger charge is 2.39. The Balaban J connectivity index is 0.000000352. The topological polar surface area (TPSA) is 70.1 Å². The van der Waals surface area contributed by atoms with Crippen molar-refractivity contribution in [1.29, 1.82) is 0 Å². The molecule has 2 atom stereocenters. The van der Waals surface area contributed by atoms with Gasteiger partial charge < -0.3 is 0 Å². The van der Waals surface area contributed by atoms with E-state index >= 15 is 0 Å². The van der Waals surface area contributed by atoms with Crippen LogP contribution in [-0.4, -0.2) is 50.2 Å². The van der Waals surface area contributed by atoms with Gasteiger partial charge in [-0.3, -0.25) is 8.74 Å². The van der Waals surface area contributed by atoms with Crippen LogP contribution in [0.5, 0.6) is 0 Å². The van der Waals surface area contributed by atoms with Gasteiger partial charge in [0, 0.05) is 20.1 Å². The van der Waals surface area contributed by atoms with Crippen LogP contribution in [0.1, 0.15) is 50.1 Å². The molecule has 1 aliphatic carbocycles. The van der Waals surface area contributed by atoms with Gasteiger partial charge >= 0.3 is 10.4 Å². The van der Waals surface area contributed by atoms with Crippen molar-refractivity contribution in [2.45, 2.75) is 50.6 Å². The molecule has 1 aromatic rings. The van der Waals surface area contributed by atoms with Crippen LogP contribution in [0.2, 0.25) is 0 Å². The molecule has 26 heavy (non-hydrogen) atoms. The van der Waals surface area contributed by atoms with Crippen LogP contribution in [0.4, 0.5) is 4.39 Å². The van der Waals surface area contributed by atoms with E-state index in [-0.39, 0.29) is 5.82 Å². The second-order valence-corrected chi connectivity index (χ2v) is 8.20. The molecule has 1 N–H and O–H groups in total. The summed E-state index contributed by atoms with van der Waals surface area (Å²) >= 11 is 0. The van der Waals surface area contributed by atoms with Crippen molar-refractivity contribution in [3.63, 3.8) is 0 Å². The van der Waals surface area contributed by atoms with E-state index in [4.69, 9.17) is 4.55 Å². The van der Waals surface area contributed by atoms with E-state index in [1.54, 1.807) is 12.1 Å². The van der Waals surface area contributed by atoms with Crippen LogP contribution < -0.4 is 0 Å². The van der Waals surface area contributed by atoms with Crippen LogP contribution in [0.15, 0.2) is 24.3 Å². The number of nitrogens with zero attached hydrogens (tertiary/aromatic N) is 2. The molecule has 1 saturated carbocycles. The SMILES string of the molecule is CN1C(c2ccc(F)cc2)CC(C2CCCCC2)N1C.COS(=O)(=O)O. The number of hydrogen-bond donors (Lipinski definition) is 1. The number of halogens is 1. The van der Waals surface area contributed by atoms with Gasteiger partial charge in [0.05, 0.1) is 13.2 Å². The molecule has 6 nitrogen and oxygen atoms in total. The van der Waals surface area contributed by atoms with Crippen molar-refractivity contribution in [1.82, 2.24) is 10.0 Å². The van der Waals surface area contributed by atoms with E-state index in [9.17, 15) is 12.8 Å². The van der Waals surface area contributed by atoms with Gasteiger partial charge in [-0.25, -0.2) is 14.4 Å². The average Bonchev–Trinajstić information content (AvgIpc) is 2.92. The molecule has 2 aliphatic rings. The Labute approximate surface area is 155 Å². The molecule has 0 bridgehead atoms. The molecule has 1 saturated heterocycles. The summed E-state index contributed by atoms with van der Waals surface area (Å²) in [6.45, 7) is 0. The molecule has 0 spiro atoms. The average molecular weight is 389 g/mol. The third kappa shape index (κ3) is 5.72. The van der Waals surface area contributed by atoms with Crippen molar-refractivity contribution < 1.29 is 21.5 Å². The first kappa shape index (κ1) is 21.2. The maximum Gasteiger partial charge on any atom is 0.397 e. The first-order valence-corrected chi connectivity index (χ1v) is 10.3. The minimum absolute atomic E-state index is 0.147. The van der Waals surface area contributed by atoms with E-state index in [1.807, 2.05) is 12.1 Å². The highest BCUT2D eigenvalue weighted by Crippen LogP contribution is 2.41. The first-order chi connectivity index (χ1) is 12.2. The molecule has 1 aliphatic heterocycles. The summed E-state index contributed by atoms with van der Waals surface area (Å²) in [5.41, 5.74) is 1.24. The number of hydrazine groups is 1. The Hall–Kier alpha value is -1.06. The van der Waals surface area contributed by atoms with Crippen LogP contribution >= 0.6 is 0 Å². The lowest BCUT2D eigenvalue weighted by atomic mass is 9.81. The third-order valence-corrected chi connectivity index (χ3v) is 5.97. The highest BCUT2D eigenvalue weighted by molar-refractivity contribution is 7.80. The van der Waals surface area contributed by atoms with Gasteiger partial charge in [0.25, 0.3) is 0 Å². The molecule has 1 heterocycles. The molecule has 3 rings (SSSR count). The third-order valence-electron chi connectivity index (χ3n) is 5.55. The Kier molecular flexibility index (Phi) is 7.54. The summed E-state index contributed by atoms with van der Waals surface area (Å²) in [5.74, 6) is 0.688. The Bertz CT molecular complexity index is 662. The summed E-state index contributed by atoms with van der Waals surface area (Å²) < 4.78 is 42.8. The van der Waals surface area contributed by atoms with Gasteiger partial charge in [0.2, 0.25) is 0 Å². The first-order valence-electron chi connectivity index (χ1n) is 8.97. The Morgan fingerprint density at radius 1 is 1.08 bits per heavy atom. The van der Waals surface area contributed by atoms with Crippen molar-refractivity contribution in [3.05, 3.63) is 35.6 Å². The zero-order valence-corrected chi connectivity index (χ0v) is 16.5. The fourth-order valence-electron chi connectivity index (χ4n) is 4.04. The maximum atomic E-state index is 13.1. The van der Waals surface area contributed by atoms with E-state index in [0.717, 1.165) is 13.0 Å². The van der Waals surface area contributed by atoms with Crippen molar-refractivity contribution in [2.24, 2.45) is 5.92 Å². The van der Waals surface area contributed by atoms with Crippen molar-refractivity contribution >= 4 is 10.4 Å². The van der Waals surface area contributed by atoms with Crippen LogP contribution in [0.25, 0.3) is 0 Å². The van der Waals surface area contributed by atoms with Crippen LogP contribution in [0.3, 0.4) is 0 Å². The van der Waals surface area contributed by atoms with Crippen LogP contribution in [0, 0.1) is 11.7 Å². The van der Waals surface area contributed by atoms with Gasteiger partial charge in [-0.15, -0.1) is 0 Å². The Morgan fingerprint density at radius 3 is 2.12 bits per heavy atom. The van der Waals surface area contributed by atoms with E-state index < -0.39 is 10.4 Å². The monoisotopic (exact) mass is 388 g/mol.